The first-order valence-electron chi connectivity index (χ1n) is 5.72. The number of hydrogen-bond donors (Lipinski definition) is 0. The lowest BCUT2D eigenvalue weighted by molar-refractivity contribution is 0.435. The molecule has 0 radical (unpaired) electrons. The van der Waals surface area contributed by atoms with Crippen LogP contribution in [0.3, 0.4) is 0 Å². The van der Waals surface area contributed by atoms with Crippen molar-refractivity contribution in [2.75, 3.05) is 0 Å². The Morgan fingerprint density at radius 1 is 0.789 bits per heavy atom. The van der Waals surface area contributed by atoms with E-state index in [1.54, 1.807) is 12.1 Å². The van der Waals surface area contributed by atoms with Gasteiger partial charge in [0.1, 0.15) is 10.7 Å². The quantitative estimate of drug-likeness (QED) is 0.638. The average molecular weight is 290 g/mol. The predicted octanol–water partition coefficient (Wildman–Crippen LogP) is 5.32. The van der Waals surface area contributed by atoms with Gasteiger partial charge in [0.25, 0.3) is 0 Å². The van der Waals surface area contributed by atoms with Crippen molar-refractivity contribution in [3.05, 3.63) is 64.6 Å². The van der Waals surface area contributed by atoms with Gasteiger partial charge in [0, 0.05) is 16.1 Å². The van der Waals surface area contributed by atoms with Crippen LogP contribution < -0.4 is 0 Å². The van der Waals surface area contributed by atoms with Crippen molar-refractivity contribution in [2.45, 2.75) is 0 Å². The van der Waals surface area contributed by atoms with Crippen LogP contribution in [0.4, 0.5) is 0 Å². The van der Waals surface area contributed by atoms with E-state index in [-0.39, 0.29) is 0 Å². The molecule has 2 nitrogen and oxygen atoms in total. The molecule has 4 heteroatoms. The molecule has 0 saturated carbocycles. The molecule has 0 spiro atoms. The fraction of sp³-hybridized carbons (Fsp3) is 0. The molecule has 1 heterocycles. The van der Waals surface area contributed by atoms with Crippen LogP contribution in [0, 0.1) is 0 Å². The van der Waals surface area contributed by atoms with Gasteiger partial charge in [0.15, 0.2) is 5.76 Å². The van der Waals surface area contributed by atoms with Crippen molar-refractivity contribution in [3.63, 3.8) is 0 Å². The molecule has 0 aliphatic heterocycles. The van der Waals surface area contributed by atoms with Gasteiger partial charge >= 0.3 is 0 Å². The van der Waals surface area contributed by atoms with Gasteiger partial charge in [-0.2, -0.15) is 0 Å². The first-order valence-corrected chi connectivity index (χ1v) is 6.48. The van der Waals surface area contributed by atoms with Crippen molar-refractivity contribution in [1.29, 1.82) is 0 Å². The van der Waals surface area contributed by atoms with Crippen LogP contribution in [-0.2, 0) is 0 Å². The van der Waals surface area contributed by atoms with E-state index in [1.165, 1.54) is 0 Å². The molecule has 0 atom stereocenters. The summed E-state index contributed by atoms with van der Waals surface area (Å²) in [5, 5.41) is 5.22. The Bertz CT molecular complexity index is 690. The highest BCUT2D eigenvalue weighted by molar-refractivity contribution is 6.35. The highest BCUT2D eigenvalue weighted by Crippen LogP contribution is 2.36. The highest BCUT2D eigenvalue weighted by Gasteiger charge is 2.16. The predicted molar refractivity (Wildman–Crippen MR) is 77.4 cm³/mol. The van der Waals surface area contributed by atoms with Gasteiger partial charge in [-0.25, -0.2) is 0 Å². The smallest absolute Gasteiger partial charge is 0.186 e. The first-order chi connectivity index (χ1) is 9.25. The third kappa shape index (κ3) is 2.37. The van der Waals surface area contributed by atoms with Crippen LogP contribution in [0.2, 0.25) is 10.0 Å². The number of aromatic nitrogens is 1. The normalized spacial score (nSPS) is 10.6. The maximum Gasteiger partial charge on any atom is 0.186 e. The molecule has 19 heavy (non-hydrogen) atoms. The molecule has 1 aromatic heterocycles. The summed E-state index contributed by atoms with van der Waals surface area (Å²) in [6, 6.07) is 17.0. The summed E-state index contributed by atoms with van der Waals surface area (Å²) in [4.78, 5) is 0. The van der Waals surface area contributed by atoms with E-state index >= 15 is 0 Å². The van der Waals surface area contributed by atoms with E-state index in [9.17, 15) is 0 Å². The van der Waals surface area contributed by atoms with Gasteiger partial charge in [-0.3, -0.25) is 0 Å². The molecule has 0 unspecified atom stereocenters. The van der Waals surface area contributed by atoms with Gasteiger partial charge in [0.2, 0.25) is 0 Å². The minimum absolute atomic E-state index is 0.508. The monoisotopic (exact) mass is 289 g/mol. The zero-order valence-corrected chi connectivity index (χ0v) is 11.3. The fourth-order valence-electron chi connectivity index (χ4n) is 1.84. The summed E-state index contributed by atoms with van der Waals surface area (Å²) < 4.78 is 5.35. The largest absolute Gasteiger partial charge is 0.354 e. The molecule has 0 aliphatic carbocycles. The molecular weight excluding hydrogens is 281 g/mol. The highest BCUT2D eigenvalue weighted by atomic mass is 35.5. The van der Waals surface area contributed by atoms with E-state index in [2.05, 4.69) is 5.16 Å². The Labute approximate surface area is 120 Å². The van der Waals surface area contributed by atoms with Crippen molar-refractivity contribution in [2.24, 2.45) is 0 Å². The van der Waals surface area contributed by atoms with Crippen LogP contribution in [0.15, 0.2) is 59.1 Å². The second-order valence-electron chi connectivity index (χ2n) is 4.05. The summed E-state index contributed by atoms with van der Waals surface area (Å²) >= 11 is 12.2. The van der Waals surface area contributed by atoms with Crippen LogP contribution in [0.5, 0.6) is 0 Å². The van der Waals surface area contributed by atoms with Crippen molar-refractivity contribution in [3.8, 4) is 22.6 Å². The van der Waals surface area contributed by atoms with E-state index < -0.39 is 0 Å². The molecular formula is C15H9Cl2NO. The minimum Gasteiger partial charge on any atom is -0.354 e. The summed E-state index contributed by atoms with van der Waals surface area (Å²) in [5.74, 6) is 0.576. The van der Waals surface area contributed by atoms with E-state index in [1.807, 2.05) is 42.5 Å². The molecule has 0 N–H and O–H groups in total. The fourth-order valence-corrected chi connectivity index (χ4v) is 2.25. The summed E-state index contributed by atoms with van der Waals surface area (Å²) in [6.07, 6.45) is 0. The van der Waals surface area contributed by atoms with Gasteiger partial charge in [-0.1, -0.05) is 70.8 Å². The number of rotatable bonds is 2. The topological polar surface area (TPSA) is 26.0 Å². The van der Waals surface area contributed by atoms with Gasteiger partial charge in [-0.05, 0) is 12.1 Å². The van der Waals surface area contributed by atoms with E-state index in [0.29, 0.717) is 21.5 Å². The van der Waals surface area contributed by atoms with E-state index in [0.717, 1.165) is 11.1 Å². The summed E-state index contributed by atoms with van der Waals surface area (Å²) in [5.41, 5.74) is 2.40. The Morgan fingerprint density at radius 3 is 2.16 bits per heavy atom. The maximum atomic E-state index is 6.34. The number of nitrogens with zero attached hydrogens (tertiary/aromatic N) is 1. The van der Waals surface area contributed by atoms with E-state index in [4.69, 9.17) is 27.7 Å². The average Bonchev–Trinajstić information content (AvgIpc) is 2.83. The molecule has 94 valence electrons. The molecule has 2 aromatic carbocycles. The van der Waals surface area contributed by atoms with Crippen LogP contribution in [0.25, 0.3) is 22.6 Å². The minimum atomic E-state index is 0.508. The SMILES string of the molecule is Clc1ccc(-c2noc(-c3ccccc3)c2Cl)cc1. The molecule has 0 aliphatic rings. The third-order valence-electron chi connectivity index (χ3n) is 2.79. The maximum absolute atomic E-state index is 6.34. The lowest BCUT2D eigenvalue weighted by atomic mass is 10.1. The van der Waals surface area contributed by atoms with Crippen molar-refractivity contribution in [1.82, 2.24) is 5.16 Å². The lowest BCUT2D eigenvalue weighted by Crippen LogP contribution is -1.78. The number of benzene rings is 2. The van der Waals surface area contributed by atoms with Crippen LogP contribution in [0.1, 0.15) is 0 Å². The van der Waals surface area contributed by atoms with Crippen molar-refractivity contribution >= 4 is 23.2 Å². The standard InChI is InChI=1S/C15H9Cl2NO/c16-12-8-6-10(7-9-12)14-13(17)15(19-18-14)11-4-2-1-3-5-11/h1-9H. The van der Waals surface area contributed by atoms with Gasteiger partial charge in [-0.15, -0.1) is 0 Å². The Hall–Kier alpha value is -1.77. The summed E-state index contributed by atoms with van der Waals surface area (Å²) in [7, 11) is 0. The molecule has 3 aromatic rings. The summed E-state index contributed by atoms with van der Waals surface area (Å²) in [6.45, 7) is 0. The van der Waals surface area contributed by atoms with Gasteiger partial charge in [0.05, 0.1) is 0 Å². The zero-order valence-electron chi connectivity index (χ0n) is 9.81. The second kappa shape index (κ2) is 5.08. The van der Waals surface area contributed by atoms with Crippen molar-refractivity contribution < 1.29 is 4.52 Å². The second-order valence-corrected chi connectivity index (χ2v) is 4.86. The molecule has 0 saturated heterocycles. The first kappa shape index (κ1) is 12.3. The Balaban J connectivity index is 2.06. The van der Waals surface area contributed by atoms with Gasteiger partial charge < -0.3 is 4.52 Å². The third-order valence-corrected chi connectivity index (χ3v) is 3.39. The Kier molecular flexibility index (Phi) is 3.28. The molecule has 0 fully saturated rings. The Morgan fingerprint density at radius 2 is 1.47 bits per heavy atom. The molecule has 0 amide bonds. The lowest BCUT2D eigenvalue weighted by Gasteiger charge is -1.97. The van der Waals surface area contributed by atoms with Crippen LogP contribution >= 0.6 is 23.2 Å². The molecule has 3 rings (SSSR count). The number of hydrogen-bond acceptors (Lipinski definition) is 2. The molecule has 0 bridgehead atoms. The number of halogens is 2. The van der Waals surface area contributed by atoms with Crippen LogP contribution in [-0.4, -0.2) is 5.16 Å². The zero-order chi connectivity index (χ0) is 13.2.